The maximum atomic E-state index is 4.16. The van der Waals surface area contributed by atoms with Gasteiger partial charge in [0.2, 0.25) is 0 Å². The maximum Gasteiger partial charge on any atom is 0.195 e. The molecule has 1 saturated carbocycles. The summed E-state index contributed by atoms with van der Waals surface area (Å²) in [5.41, 5.74) is 1.34. The molecule has 0 radical (unpaired) electrons. The van der Waals surface area contributed by atoms with E-state index in [9.17, 15) is 0 Å². The van der Waals surface area contributed by atoms with Gasteiger partial charge in [-0.2, -0.15) is 0 Å². The van der Waals surface area contributed by atoms with Crippen LogP contribution in [-0.2, 0) is 13.6 Å². The number of hydrogen-bond donors (Lipinski definition) is 1. The summed E-state index contributed by atoms with van der Waals surface area (Å²) < 4.78 is 2.01. The fourth-order valence-electron chi connectivity index (χ4n) is 1.81. The highest BCUT2D eigenvalue weighted by molar-refractivity contribution is 7.99. The molecule has 19 heavy (non-hydrogen) atoms. The predicted molar refractivity (Wildman–Crippen MR) is 76.2 cm³/mol. The molecule has 0 saturated heterocycles. The normalized spacial score (nSPS) is 14.8. The summed E-state index contributed by atoms with van der Waals surface area (Å²) in [6, 6.07) is 9.43. The third-order valence-corrected chi connectivity index (χ3v) is 4.40. The van der Waals surface area contributed by atoms with E-state index in [1.807, 2.05) is 18.5 Å². The van der Waals surface area contributed by atoms with Crippen molar-refractivity contribution in [3.05, 3.63) is 35.7 Å². The van der Waals surface area contributed by atoms with Crippen LogP contribution in [0, 0.1) is 6.92 Å². The Hall–Kier alpha value is -1.33. The quantitative estimate of drug-likeness (QED) is 0.910. The number of benzene rings is 1. The van der Waals surface area contributed by atoms with E-state index >= 15 is 0 Å². The standard InChI is InChI=1S/C14H18N4S/c1-10-16-17-14(18(10)2)19-13-7-3-11(4-8-13)9-15-12-5-6-12/h3-4,7-8,12,15H,5-6,9H2,1-2H3. The van der Waals surface area contributed by atoms with Gasteiger partial charge >= 0.3 is 0 Å². The van der Waals surface area contributed by atoms with Crippen LogP contribution in [-0.4, -0.2) is 20.8 Å². The van der Waals surface area contributed by atoms with Crippen LogP contribution in [0.15, 0.2) is 34.3 Å². The Morgan fingerprint density at radius 1 is 1.26 bits per heavy atom. The van der Waals surface area contributed by atoms with E-state index in [1.54, 1.807) is 11.8 Å². The van der Waals surface area contributed by atoms with Gasteiger partial charge in [0.1, 0.15) is 5.82 Å². The summed E-state index contributed by atoms with van der Waals surface area (Å²) in [4.78, 5) is 1.20. The van der Waals surface area contributed by atoms with Crippen LogP contribution in [0.3, 0.4) is 0 Å². The van der Waals surface area contributed by atoms with Crippen LogP contribution in [0.1, 0.15) is 24.2 Å². The summed E-state index contributed by atoms with van der Waals surface area (Å²) in [5, 5.41) is 12.7. The monoisotopic (exact) mass is 274 g/mol. The third kappa shape index (κ3) is 3.16. The molecule has 1 aromatic heterocycles. The van der Waals surface area contributed by atoms with E-state index in [0.29, 0.717) is 0 Å². The van der Waals surface area contributed by atoms with Crippen molar-refractivity contribution < 1.29 is 0 Å². The molecule has 3 rings (SSSR count). The average molecular weight is 274 g/mol. The molecule has 0 unspecified atom stereocenters. The van der Waals surface area contributed by atoms with Crippen molar-refractivity contribution >= 4 is 11.8 Å². The molecule has 5 heteroatoms. The second-order valence-electron chi connectivity index (χ2n) is 4.99. The van der Waals surface area contributed by atoms with E-state index in [4.69, 9.17) is 0 Å². The first-order chi connectivity index (χ1) is 9.22. The highest BCUT2D eigenvalue weighted by Gasteiger charge is 2.19. The van der Waals surface area contributed by atoms with Crippen LogP contribution < -0.4 is 5.32 Å². The molecule has 0 bridgehead atoms. The van der Waals surface area contributed by atoms with Crippen LogP contribution >= 0.6 is 11.8 Å². The molecule has 1 heterocycles. The van der Waals surface area contributed by atoms with Crippen molar-refractivity contribution in [2.75, 3.05) is 0 Å². The van der Waals surface area contributed by atoms with Crippen molar-refractivity contribution in [3.8, 4) is 0 Å². The van der Waals surface area contributed by atoms with Gasteiger partial charge in [0.05, 0.1) is 0 Å². The number of nitrogens with one attached hydrogen (secondary N) is 1. The SMILES string of the molecule is Cc1nnc(Sc2ccc(CNC3CC3)cc2)n1C. The van der Waals surface area contributed by atoms with Crippen molar-refractivity contribution in [1.29, 1.82) is 0 Å². The highest BCUT2D eigenvalue weighted by Crippen LogP contribution is 2.26. The lowest BCUT2D eigenvalue weighted by Crippen LogP contribution is -2.14. The molecular formula is C14H18N4S. The Morgan fingerprint density at radius 3 is 2.58 bits per heavy atom. The van der Waals surface area contributed by atoms with Gasteiger partial charge in [-0.1, -0.05) is 12.1 Å². The van der Waals surface area contributed by atoms with Crippen LogP contribution in [0.5, 0.6) is 0 Å². The molecular weight excluding hydrogens is 256 g/mol. The number of aromatic nitrogens is 3. The zero-order valence-electron chi connectivity index (χ0n) is 11.3. The van der Waals surface area contributed by atoms with Gasteiger partial charge in [0, 0.05) is 24.5 Å². The summed E-state index contributed by atoms with van der Waals surface area (Å²) in [6.07, 6.45) is 2.67. The molecule has 100 valence electrons. The van der Waals surface area contributed by atoms with Gasteiger partial charge in [0.25, 0.3) is 0 Å². The van der Waals surface area contributed by atoms with Gasteiger partial charge in [-0.15, -0.1) is 10.2 Å². The lowest BCUT2D eigenvalue weighted by Gasteiger charge is -2.05. The van der Waals surface area contributed by atoms with E-state index < -0.39 is 0 Å². The maximum absolute atomic E-state index is 4.16. The van der Waals surface area contributed by atoms with Crippen LogP contribution in [0.25, 0.3) is 0 Å². The first kappa shape index (κ1) is 12.7. The summed E-state index contributed by atoms with van der Waals surface area (Å²) in [7, 11) is 1.99. The van der Waals surface area contributed by atoms with E-state index in [0.717, 1.165) is 23.6 Å². The Morgan fingerprint density at radius 2 is 2.00 bits per heavy atom. The molecule has 0 amide bonds. The van der Waals surface area contributed by atoms with Crippen molar-refractivity contribution in [2.24, 2.45) is 7.05 Å². The molecule has 0 spiro atoms. The zero-order valence-corrected chi connectivity index (χ0v) is 12.1. The Kier molecular flexibility index (Phi) is 3.57. The van der Waals surface area contributed by atoms with E-state index in [2.05, 4.69) is 39.8 Å². The molecule has 0 aliphatic heterocycles. The van der Waals surface area contributed by atoms with Crippen LogP contribution in [0.2, 0.25) is 0 Å². The summed E-state index contributed by atoms with van der Waals surface area (Å²) >= 11 is 1.65. The first-order valence-electron chi connectivity index (χ1n) is 6.58. The number of nitrogens with zero attached hydrogens (tertiary/aromatic N) is 3. The lowest BCUT2D eigenvalue weighted by atomic mass is 10.2. The average Bonchev–Trinajstić information content (AvgIpc) is 3.20. The predicted octanol–water partition coefficient (Wildman–Crippen LogP) is 2.53. The minimum atomic E-state index is 0.760. The number of aryl methyl sites for hydroxylation is 1. The first-order valence-corrected chi connectivity index (χ1v) is 7.40. The minimum Gasteiger partial charge on any atom is -0.310 e. The Bertz CT molecular complexity index is 557. The minimum absolute atomic E-state index is 0.760. The van der Waals surface area contributed by atoms with Crippen molar-refractivity contribution in [2.45, 2.75) is 42.4 Å². The van der Waals surface area contributed by atoms with Gasteiger partial charge in [-0.05, 0) is 49.2 Å². The number of hydrogen-bond acceptors (Lipinski definition) is 4. The summed E-state index contributed by atoms with van der Waals surface area (Å²) in [6.45, 7) is 2.93. The second kappa shape index (κ2) is 5.35. The highest BCUT2D eigenvalue weighted by atomic mass is 32.2. The third-order valence-electron chi connectivity index (χ3n) is 3.36. The Balaban J connectivity index is 1.63. The fraction of sp³-hybridized carbons (Fsp3) is 0.429. The second-order valence-corrected chi connectivity index (χ2v) is 6.03. The number of rotatable bonds is 5. The molecule has 1 fully saturated rings. The summed E-state index contributed by atoms with van der Waals surface area (Å²) in [5.74, 6) is 0.938. The Labute approximate surface area is 117 Å². The van der Waals surface area contributed by atoms with Gasteiger partial charge in [-0.3, -0.25) is 0 Å². The fourth-order valence-corrected chi connectivity index (χ4v) is 2.64. The molecule has 0 atom stereocenters. The lowest BCUT2D eigenvalue weighted by molar-refractivity contribution is 0.687. The van der Waals surface area contributed by atoms with Gasteiger partial charge < -0.3 is 9.88 Å². The van der Waals surface area contributed by atoms with Gasteiger partial charge in [-0.25, -0.2) is 0 Å². The van der Waals surface area contributed by atoms with E-state index in [-0.39, 0.29) is 0 Å². The van der Waals surface area contributed by atoms with Crippen molar-refractivity contribution in [1.82, 2.24) is 20.1 Å². The molecule has 1 N–H and O–H groups in total. The van der Waals surface area contributed by atoms with Gasteiger partial charge in [0.15, 0.2) is 5.16 Å². The molecule has 2 aromatic rings. The smallest absolute Gasteiger partial charge is 0.195 e. The molecule has 1 aromatic carbocycles. The largest absolute Gasteiger partial charge is 0.310 e. The van der Waals surface area contributed by atoms with Crippen LogP contribution in [0.4, 0.5) is 0 Å². The molecule has 1 aliphatic rings. The molecule has 1 aliphatic carbocycles. The van der Waals surface area contributed by atoms with Crippen molar-refractivity contribution in [3.63, 3.8) is 0 Å². The topological polar surface area (TPSA) is 42.7 Å². The van der Waals surface area contributed by atoms with E-state index in [1.165, 1.54) is 23.3 Å². The molecule has 4 nitrogen and oxygen atoms in total. The zero-order chi connectivity index (χ0) is 13.2.